The van der Waals surface area contributed by atoms with Gasteiger partial charge in [-0.2, -0.15) is 0 Å². The van der Waals surface area contributed by atoms with Crippen LogP contribution in [-0.4, -0.2) is 24.8 Å². The largest absolute Gasteiger partial charge is 0.507 e. The summed E-state index contributed by atoms with van der Waals surface area (Å²) in [5, 5.41) is 13.4. The molecule has 0 saturated carbocycles. The van der Waals surface area contributed by atoms with Crippen LogP contribution < -0.4 is 10.1 Å². The molecule has 0 amide bonds. The summed E-state index contributed by atoms with van der Waals surface area (Å²) in [6.07, 6.45) is 1.05. The maximum Gasteiger partial charge on any atom is 0.123 e. The number of benzene rings is 1. The molecule has 0 unspecified atom stereocenters. The van der Waals surface area contributed by atoms with Gasteiger partial charge in [0.15, 0.2) is 0 Å². The first-order valence-electron chi connectivity index (χ1n) is 5.81. The predicted molar refractivity (Wildman–Crippen MR) is 62.2 cm³/mol. The van der Waals surface area contributed by atoms with E-state index in [0.717, 1.165) is 43.0 Å². The number of nitrogens with one attached hydrogen (secondary N) is 1. The lowest BCUT2D eigenvalue weighted by molar-refractivity contribution is 0.161. The summed E-state index contributed by atoms with van der Waals surface area (Å²) in [6, 6.07) is 1.97. The Kier molecular flexibility index (Phi) is 1.96. The third-order valence-electron chi connectivity index (χ3n) is 3.99. The fourth-order valence-corrected chi connectivity index (χ4v) is 2.97. The van der Waals surface area contributed by atoms with Gasteiger partial charge < -0.3 is 15.2 Å². The Labute approximate surface area is 95.4 Å². The zero-order valence-corrected chi connectivity index (χ0v) is 9.76. The van der Waals surface area contributed by atoms with Gasteiger partial charge >= 0.3 is 0 Å². The topological polar surface area (TPSA) is 41.5 Å². The molecular formula is C13H17NO2. The van der Waals surface area contributed by atoms with Crippen LogP contribution >= 0.6 is 0 Å². The Balaban J connectivity index is 2.23. The molecule has 0 aromatic heterocycles. The molecule has 0 bridgehead atoms. The molecule has 2 heterocycles. The maximum absolute atomic E-state index is 10.0. The number of aryl methyl sites for hydroxylation is 1. The second kappa shape index (κ2) is 3.14. The molecule has 86 valence electrons. The van der Waals surface area contributed by atoms with Crippen LogP contribution in [0.4, 0.5) is 0 Å². The summed E-state index contributed by atoms with van der Waals surface area (Å²) in [4.78, 5) is 0. The number of hydrogen-bond donors (Lipinski definition) is 2. The van der Waals surface area contributed by atoms with Gasteiger partial charge in [0.2, 0.25) is 0 Å². The Hall–Kier alpha value is -1.22. The molecule has 0 aliphatic carbocycles. The normalized spacial score (nSPS) is 21.1. The maximum atomic E-state index is 10.0. The number of rotatable bonds is 0. The van der Waals surface area contributed by atoms with Gasteiger partial charge in [0.1, 0.15) is 11.5 Å². The molecule has 0 atom stereocenters. The van der Waals surface area contributed by atoms with Gasteiger partial charge in [-0.3, -0.25) is 0 Å². The molecular weight excluding hydrogens is 202 g/mol. The van der Waals surface area contributed by atoms with E-state index >= 15 is 0 Å². The molecule has 1 aromatic rings. The lowest BCUT2D eigenvalue weighted by atomic mass is 9.69. The number of hydrogen-bond acceptors (Lipinski definition) is 3. The van der Waals surface area contributed by atoms with Gasteiger partial charge in [0.25, 0.3) is 0 Å². The van der Waals surface area contributed by atoms with Gasteiger partial charge in [-0.1, -0.05) is 0 Å². The SMILES string of the molecule is Cc1cc2c(c(C)c1O)C1(CCO2)CNC1. The highest BCUT2D eigenvalue weighted by atomic mass is 16.5. The van der Waals surface area contributed by atoms with Crippen molar-refractivity contribution in [1.82, 2.24) is 5.32 Å². The molecule has 1 aromatic carbocycles. The van der Waals surface area contributed by atoms with Crippen LogP contribution in [0.15, 0.2) is 6.07 Å². The molecule has 16 heavy (non-hydrogen) atoms. The van der Waals surface area contributed by atoms with Crippen LogP contribution in [0, 0.1) is 13.8 Å². The van der Waals surface area contributed by atoms with Crippen LogP contribution in [-0.2, 0) is 5.41 Å². The Morgan fingerprint density at radius 2 is 2.12 bits per heavy atom. The molecule has 0 radical (unpaired) electrons. The van der Waals surface area contributed by atoms with E-state index in [1.54, 1.807) is 0 Å². The van der Waals surface area contributed by atoms with E-state index in [1.807, 2.05) is 19.9 Å². The summed E-state index contributed by atoms with van der Waals surface area (Å²) in [5.41, 5.74) is 3.33. The van der Waals surface area contributed by atoms with Gasteiger partial charge in [0, 0.05) is 24.1 Å². The van der Waals surface area contributed by atoms with Gasteiger partial charge in [-0.15, -0.1) is 0 Å². The average molecular weight is 219 g/mol. The Morgan fingerprint density at radius 1 is 1.38 bits per heavy atom. The minimum absolute atomic E-state index is 0.211. The fourth-order valence-electron chi connectivity index (χ4n) is 2.97. The fraction of sp³-hybridized carbons (Fsp3) is 0.538. The van der Waals surface area contributed by atoms with Crippen LogP contribution in [0.2, 0.25) is 0 Å². The summed E-state index contributed by atoms with van der Waals surface area (Å²) in [5.74, 6) is 1.40. The van der Waals surface area contributed by atoms with Gasteiger partial charge in [0.05, 0.1) is 6.61 Å². The van der Waals surface area contributed by atoms with Crippen LogP contribution in [0.25, 0.3) is 0 Å². The molecule has 2 aliphatic heterocycles. The minimum atomic E-state index is 0.211. The van der Waals surface area contributed by atoms with E-state index in [-0.39, 0.29) is 5.41 Å². The zero-order chi connectivity index (χ0) is 11.3. The first-order chi connectivity index (χ1) is 7.64. The average Bonchev–Trinajstić information content (AvgIpc) is 2.23. The molecule has 2 aliphatic rings. The number of phenols is 1. The number of aromatic hydroxyl groups is 1. The number of ether oxygens (including phenoxy) is 1. The standard InChI is InChI=1S/C13H17NO2/c1-8-5-10-11(9(2)12(8)15)13(3-4-16-10)6-14-7-13/h5,14-15H,3-4,6-7H2,1-2H3. The lowest BCUT2D eigenvalue weighted by Crippen LogP contribution is -2.59. The number of fused-ring (bicyclic) bond motifs is 2. The summed E-state index contributed by atoms with van der Waals surface area (Å²) < 4.78 is 5.73. The lowest BCUT2D eigenvalue weighted by Gasteiger charge is -2.47. The van der Waals surface area contributed by atoms with Crippen molar-refractivity contribution in [2.24, 2.45) is 0 Å². The van der Waals surface area contributed by atoms with E-state index in [0.29, 0.717) is 5.75 Å². The molecule has 1 spiro atoms. The summed E-state index contributed by atoms with van der Waals surface area (Å²) >= 11 is 0. The van der Waals surface area contributed by atoms with Crippen molar-refractivity contribution < 1.29 is 9.84 Å². The second-order valence-corrected chi connectivity index (χ2v) is 5.02. The molecule has 2 N–H and O–H groups in total. The summed E-state index contributed by atoms with van der Waals surface area (Å²) in [6.45, 7) is 6.72. The van der Waals surface area contributed by atoms with Crippen molar-refractivity contribution in [3.8, 4) is 11.5 Å². The minimum Gasteiger partial charge on any atom is -0.507 e. The molecule has 3 rings (SSSR count). The smallest absolute Gasteiger partial charge is 0.123 e. The third kappa shape index (κ3) is 1.12. The molecule has 3 nitrogen and oxygen atoms in total. The van der Waals surface area contributed by atoms with Crippen molar-refractivity contribution in [3.63, 3.8) is 0 Å². The highest BCUT2D eigenvalue weighted by molar-refractivity contribution is 5.57. The van der Waals surface area contributed by atoms with Crippen molar-refractivity contribution in [2.75, 3.05) is 19.7 Å². The Bertz CT molecular complexity index is 450. The zero-order valence-electron chi connectivity index (χ0n) is 9.76. The van der Waals surface area contributed by atoms with E-state index in [4.69, 9.17) is 4.74 Å². The van der Waals surface area contributed by atoms with Crippen molar-refractivity contribution >= 4 is 0 Å². The predicted octanol–water partition coefficient (Wildman–Crippen LogP) is 1.63. The number of phenolic OH excluding ortho intramolecular Hbond substituents is 1. The van der Waals surface area contributed by atoms with Crippen LogP contribution in [0.5, 0.6) is 11.5 Å². The highest BCUT2D eigenvalue weighted by Gasteiger charge is 2.44. The quantitative estimate of drug-likeness (QED) is 0.697. The van der Waals surface area contributed by atoms with E-state index in [1.165, 1.54) is 5.56 Å². The third-order valence-corrected chi connectivity index (χ3v) is 3.99. The van der Waals surface area contributed by atoms with Crippen molar-refractivity contribution in [3.05, 3.63) is 22.8 Å². The van der Waals surface area contributed by atoms with Crippen molar-refractivity contribution in [1.29, 1.82) is 0 Å². The van der Waals surface area contributed by atoms with E-state index < -0.39 is 0 Å². The van der Waals surface area contributed by atoms with E-state index in [9.17, 15) is 5.11 Å². The van der Waals surface area contributed by atoms with Crippen LogP contribution in [0.1, 0.15) is 23.1 Å². The Morgan fingerprint density at radius 3 is 2.75 bits per heavy atom. The monoisotopic (exact) mass is 219 g/mol. The van der Waals surface area contributed by atoms with E-state index in [2.05, 4.69) is 5.32 Å². The summed E-state index contributed by atoms with van der Waals surface area (Å²) in [7, 11) is 0. The van der Waals surface area contributed by atoms with Crippen molar-refractivity contribution in [2.45, 2.75) is 25.7 Å². The molecule has 1 fully saturated rings. The first-order valence-corrected chi connectivity index (χ1v) is 5.81. The van der Waals surface area contributed by atoms with Crippen LogP contribution in [0.3, 0.4) is 0 Å². The molecule has 3 heteroatoms. The van der Waals surface area contributed by atoms with Gasteiger partial charge in [-0.25, -0.2) is 0 Å². The first kappa shape index (κ1) is 9.97. The van der Waals surface area contributed by atoms with Gasteiger partial charge in [-0.05, 0) is 37.5 Å². The molecule has 1 saturated heterocycles. The second-order valence-electron chi connectivity index (χ2n) is 5.02. The highest BCUT2D eigenvalue weighted by Crippen LogP contribution is 2.46.